The quantitative estimate of drug-likeness (QED) is 0.265. The van der Waals surface area contributed by atoms with Crippen molar-refractivity contribution in [3.8, 4) is 0 Å². The Labute approximate surface area is 117 Å². The molecule has 1 aliphatic heterocycles. The molecule has 0 saturated carbocycles. The van der Waals surface area contributed by atoms with Gasteiger partial charge >= 0.3 is 0 Å². The first-order valence-electron chi connectivity index (χ1n) is 6.83. The number of hydrogen-bond acceptors (Lipinski definition) is 8. The maximum Gasteiger partial charge on any atom is 0.186 e. The molecule has 0 aromatic rings. The normalized spacial score (nSPS) is 36.0. The Hall–Kier alpha value is -0.320. The summed E-state index contributed by atoms with van der Waals surface area (Å²) < 4.78 is 10.5. The van der Waals surface area contributed by atoms with E-state index in [0.29, 0.717) is 13.2 Å². The Bertz CT molecular complexity index is 268. The van der Waals surface area contributed by atoms with Gasteiger partial charge in [0.15, 0.2) is 6.29 Å². The summed E-state index contributed by atoms with van der Waals surface area (Å²) in [7, 11) is 0. The smallest absolute Gasteiger partial charge is 0.186 e. The summed E-state index contributed by atoms with van der Waals surface area (Å²) >= 11 is 0. The Morgan fingerprint density at radius 2 is 1.75 bits per heavy atom. The molecule has 1 heterocycles. The first-order chi connectivity index (χ1) is 9.52. The third-order valence-electron chi connectivity index (χ3n) is 3.30. The molecule has 8 heteroatoms. The Kier molecular flexibility index (Phi) is 7.85. The van der Waals surface area contributed by atoms with Crippen LogP contribution in [0.15, 0.2) is 0 Å². The van der Waals surface area contributed by atoms with Crippen LogP contribution in [-0.2, 0) is 9.47 Å². The average Bonchev–Trinajstić information content (AvgIpc) is 2.46. The van der Waals surface area contributed by atoms with Gasteiger partial charge in [-0.2, -0.15) is 0 Å². The van der Waals surface area contributed by atoms with Crippen molar-refractivity contribution >= 4 is 0 Å². The lowest BCUT2D eigenvalue weighted by Crippen LogP contribution is -2.61. The second-order valence-electron chi connectivity index (χ2n) is 4.91. The van der Waals surface area contributed by atoms with Gasteiger partial charge in [-0.15, -0.1) is 0 Å². The summed E-state index contributed by atoms with van der Waals surface area (Å²) in [6.07, 6.45) is -5.71. The molecule has 6 atom stereocenters. The van der Waals surface area contributed by atoms with E-state index < -0.39 is 43.4 Å². The molecule has 0 aromatic carbocycles. The molecule has 0 aromatic heterocycles. The fourth-order valence-corrected chi connectivity index (χ4v) is 2.06. The van der Waals surface area contributed by atoms with Crippen LogP contribution in [0.25, 0.3) is 0 Å². The summed E-state index contributed by atoms with van der Waals surface area (Å²) in [6, 6.07) is 0. The van der Waals surface area contributed by atoms with Gasteiger partial charge in [-0.3, -0.25) is 0 Å². The van der Waals surface area contributed by atoms with Crippen molar-refractivity contribution in [1.29, 1.82) is 0 Å². The molecule has 8 nitrogen and oxygen atoms in total. The SMILES string of the molecule is NCCCCCO[C@H]1OC([C@@H](O)CO)[C@@H](O)C(O)[C@H]1O. The van der Waals surface area contributed by atoms with Crippen molar-refractivity contribution in [3.63, 3.8) is 0 Å². The number of rotatable bonds is 8. The molecular formula is C12H25NO7. The first kappa shape index (κ1) is 17.7. The number of ether oxygens (including phenoxy) is 2. The molecular weight excluding hydrogens is 270 g/mol. The fraction of sp³-hybridized carbons (Fsp3) is 1.00. The molecule has 0 bridgehead atoms. The van der Waals surface area contributed by atoms with Gasteiger partial charge in [-0.1, -0.05) is 0 Å². The minimum Gasteiger partial charge on any atom is -0.394 e. The number of unbranched alkanes of at least 4 members (excludes halogenated alkanes) is 2. The second-order valence-corrected chi connectivity index (χ2v) is 4.91. The van der Waals surface area contributed by atoms with E-state index in [1.807, 2.05) is 0 Å². The monoisotopic (exact) mass is 295 g/mol. The lowest BCUT2D eigenvalue weighted by molar-refractivity contribution is -0.311. The fourth-order valence-electron chi connectivity index (χ4n) is 2.06. The summed E-state index contributed by atoms with van der Waals surface area (Å²) in [5.74, 6) is 0. The Morgan fingerprint density at radius 3 is 2.35 bits per heavy atom. The van der Waals surface area contributed by atoms with E-state index >= 15 is 0 Å². The van der Waals surface area contributed by atoms with Gasteiger partial charge in [0.25, 0.3) is 0 Å². The number of aliphatic hydroxyl groups excluding tert-OH is 5. The van der Waals surface area contributed by atoms with Crippen molar-refractivity contribution in [3.05, 3.63) is 0 Å². The predicted molar refractivity (Wildman–Crippen MR) is 68.6 cm³/mol. The van der Waals surface area contributed by atoms with Crippen LogP contribution in [0.2, 0.25) is 0 Å². The van der Waals surface area contributed by atoms with Gasteiger partial charge < -0.3 is 40.7 Å². The highest BCUT2D eigenvalue weighted by Gasteiger charge is 2.46. The molecule has 7 N–H and O–H groups in total. The topological polar surface area (TPSA) is 146 Å². The highest BCUT2D eigenvalue weighted by molar-refractivity contribution is 4.92. The summed E-state index contributed by atoms with van der Waals surface area (Å²) in [5.41, 5.74) is 5.36. The van der Waals surface area contributed by atoms with Gasteiger partial charge in [-0.25, -0.2) is 0 Å². The summed E-state index contributed by atoms with van der Waals surface area (Å²) in [6.45, 7) is 0.262. The van der Waals surface area contributed by atoms with E-state index in [1.54, 1.807) is 0 Å². The predicted octanol–water partition coefficient (Wildman–Crippen LogP) is -2.71. The second kappa shape index (κ2) is 8.85. The molecule has 0 radical (unpaired) electrons. The third-order valence-corrected chi connectivity index (χ3v) is 3.30. The average molecular weight is 295 g/mol. The van der Waals surface area contributed by atoms with Crippen molar-refractivity contribution in [2.75, 3.05) is 19.8 Å². The third kappa shape index (κ3) is 4.61. The van der Waals surface area contributed by atoms with Gasteiger partial charge in [0, 0.05) is 6.61 Å². The van der Waals surface area contributed by atoms with Crippen molar-refractivity contribution in [1.82, 2.24) is 0 Å². The van der Waals surface area contributed by atoms with Crippen molar-refractivity contribution < 1.29 is 35.0 Å². The summed E-state index contributed by atoms with van der Waals surface area (Å²) in [4.78, 5) is 0. The molecule has 1 aliphatic rings. The number of nitrogens with two attached hydrogens (primary N) is 1. The molecule has 120 valence electrons. The van der Waals surface area contributed by atoms with E-state index in [-0.39, 0.29) is 0 Å². The van der Waals surface area contributed by atoms with Gasteiger partial charge in [0.1, 0.15) is 30.5 Å². The minimum atomic E-state index is -1.51. The molecule has 0 amide bonds. The Balaban J connectivity index is 2.48. The van der Waals surface area contributed by atoms with E-state index in [4.69, 9.17) is 20.3 Å². The van der Waals surface area contributed by atoms with E-state index in [1.165, 1.54) is 0 Å². The molecule has 1 fully saturated rings. The van der Waals surface area contributed by atoms with E-state index in [2.05, 4.69) is 0 Å². The lowest BCUT2D eigenvalue weighted by Gasteiger charge is -2.41. The number of aliphatic hydroxyl groups is 5. The minimum absolute atomic E-state index is 0.298. The van der Waals surface area contributed by atoms with Crippen LogP contribution in [0.1, 0.15) is 19.3 Å². The van der Waals surface area contributed by atoms with Crippen LogP contribution in [0.5, 0.6) is 0 Å². The molecule has 1 saturated heterocycles. The zero-order valence-corrected chi connectivity index (χ0v) is 11.3. The van der Waals surface area contributed by atoms with Gasteiger partial charge in [0.05, 0.1) is 6.61 Å². The summed E-state index contributed by atoms with van der Waals surface area (Å²) in [5, 5.41) is 47.6. The highest BCUT2D eigenvalue weighted by Crippen LogP contribution is 2.24. The highest BCUT2D eigenvalue weighted by atomic mass is 16.7. The maximum absolute atomic E-state index is 9.76. The molecule has 2 unspecified atom stereocenters. The van der Waals surface area contributed by atoms with Crippen LogP contribution in [0.4, 0.5) is 0 Å². The largest absolute Gasteiger partial charge is 0.394 e. The Morgan fingerprint density at radius 1 is 1.05 bits per heavy atom. The molecule has 0 aliphatic carbocycles. The zero-order chi connectivity index (χ0) is 15.1. The first-order valence-corrected chi connectivity index (χ1v) is 6.83. The zero-order valence-electron chi connectivity index (χ0n) is 11.3. The van der Waals surface area contributed by atoms with Crippen LogP contribution in [-0.4, -0.2) is 82.1 Å². The van der Waals surface area contributed by atoms with E-state index in [9.17, 15) is 20.4 Å². The molecule has 1 rings (SSSR count). The van der Waals surface area contributed by atoms with Crippen LogP contribution >= 0.6 is 0 Å². The standard InChI is InChI=1S/C12H25NO7/c13-4-2-1-3-5-19-12-10(18)8(16)9(17)11(20-12)7(15)6-14/h7-12,14-18H,1-6,13H2/t7-,8?,9-,10+,11?,12-/m0/s1. The lowest BCUT2D eigenvalue weighted by atomic mass is 9.95. The maximum atomic E-state index is 9.76. The molecule has 20 heavy (non-hydrogen) atoms. The van der Waals surface area contributed by atoms with Gasteiger partial charge in [-0.05, 0) is 25.8 Å². The van der Waals surface area contributed by atoms with Crippen molar-refractivity contribution in [2.24, 2.45) is 5.73 Å². The van der Waals surface area contributed by atoms with Crippen molar-refractivity contribution in [2.45, 2.75) is 56.1 Å². The van der Waals surface area contributed by atoms with Crippen LogP contribution in [0.3, 0.4) is 0 Å². The number of hydrogen-bond donors (Lipinski definition) is 6. The van der Waals surface area contributed by atoms with Gasteiger partial charge in [0.2, 0.25) is 0 Å². The van der Waals surface area contributed by atoms with Crippen LogP contribution < -0.4 is 5.73 Å². The van der Waals surface area contributed by atoms with E-state index in [0.717, 1.165) is 19.3 Å². The van der Waals surface area contributed by atoms with Crippen LogP contribution in [0, 0.1) is 0 Å². The molecule has 0 spiro atoms.